The van der Waals surface area contributed by atoms with Crippen molar-refractivity contribution in [2.24, 2.45) is 0 Å². The third-order valence-corrected chi connectivity index (χ3v) is 11.2. The number of hydrogen-bond donors (Lipinski definition) is 3. The molecule has 8 nitrogen and oxygen atoms in total. The Bertz CT molecular complexity index is 938. The smallest absolute Gasteiger partial charge is 0.391 e. The molecule has 0 radical (unpaired) electrons. The Morgan fingerprint density at radius 1 is 0.611 bits per heavy atom. The van der Waals surface area contributed by atoms with Crippen LogP contribution in [0.25, 0.3) is 0 Å². The lowest BCUT2D eigenvalue weighted by Crippen LogP contribution is -2.46. The van der Waals surface area contributed by atoms with Gasteiger partial charge in [0.15, 0.2) is 0 Å². The lowest BCUT2D eigenvalue weighted by Gasteiger charge is -2.26. The fourth-order valence-electron chi connectivity index (χ4n) is 6.50. The van der Waals surface area contributed by atoms with Crippen LogP contribution in [0.1, 0.15) is 206 Å². The number of carbonyl (C=O) groups is 1. The number of nitrogens with one attached hydrogen (secondary N) is 1. The monoisotopic (exact) mass is 786 g/mol. The van der Waals surface area contributed by atoms with Gasteiger partial charge in [0, 0.05) is 6.42 Å². The number of amides is 1. The van der Waals surface area contributed by atoms with E-state index in [9.17, 15) is 19.4 Å². The number of quaternary nitrogens is 1. The summed E-state index contributed by atoms with van der Waals surface area (Å²) in [4.78, 5) is 23.1. The first-order valence-electron chi connectivity index (χ1n) is 22.7. The predicted octanol–water partition coefficient (Wildman–Crippen LogP) is 12.5. The number of allylic oxidation sites excluding steroid dienone is 4. The number of hydrogen-bond acceptors (Lipinski definition) is 5. The molecule has 0 saturated heterocycles. The minimum Gasteiger partial charge on any atom is -0.391 e. The Labute approximate surface area is 334 Å². The van der Waals surface area contributed by atoms with Gasteiger partial charge in [-0.25, -0.2) is 4.57 Å². The molecular formula is C45H90N2O6P+. The van der Waals surface area contributed by atoms with E-state index in [2.05, 4.69) is 43.5 Å². The fourth-order valence-corrected chi connectivity index (χ4v) is 7.24. The number of aliphatic hydroxyl groups excluding tert-OH is 1. The van der Waals surface area contributed by atoms with Crippen molar-refractivity contribution in [1.82, 2.24) is 5.32 Å². The number of unbranched alkanes of at least 4 members (excludes halogenated alkanes) is 24. The van der Waals surface area contributed by atoms with Crippen LogP contribution in [0.2, 0.25) is 0 Å². The van der Waals surface area contributed by atoms with Crippen LogP contribution in [0.15, 0.2) is 24.3 Å². The number of phosphoric acid groups is 1. The van der Waals surface area contributed by atoms with Crippen LogP contribution < -0.4 is 5.32 Å². The molecule has 0 heterocycles. The van der Waals surface area contributed by atoms with Crippen LogP contribution in [0, 0.1) is 0 Å². The number of phosphoric ester groups is 1. The predicted molar refractivity (Wildman–Crippen MR) is 231 cm³/mol. The van der Waals surface area contributed by atoms with Crippen molar-refractivity contribution in [2.45, 2.75) is 219 Å². The average Bonchev–Trinajstić information content (AvgIpc) is 3.12. The Morgan fingerprint density at radius 3 is 1.46 bits per heavy atom. The summed E-state index contributed by atoms with van der Waals surface area (Å²) >= 11 is 0. The topological polar surface area (TPSA) is 105 Å². The van der Waals surface area contributed by atoms with Crippen molar-refractivity contribution >= 4 is 13.7 Å². The summed E-state index contributed by atoms with van der Waals surface area (Å²) in [6, 6.07) is -0.772. The van der Waals surface area contributed by atoms with Gasteiger partial charge in [0.25, 0.3) is 0 Å². The normalized spacial score (nSPS) is 14.6. The van der Waals surface area contributed by atoms with Crippen LogP contribution in [0.5, 0.6) is 0 Å². The van der Waals surface area contributed by atoms with E-state index in [-0.39, 0.29) is 19.1 Å². The van der Waals surface area contributed by atoms with Gasteiger partial charge in [-0.15, -0.1) is 0 Å². The number of nitrogens with zero attached hydrogens (tertiary/aromatic N) is 1. The summed E-state index contributed by atoms with van der Waals surface area (Å²) in [5.41, 5.74) is 0. The third-order valence-electron chi connectivity index (χ3n) is 10.2. The molecule has 320 valence electrons. The highest BCUT2D eigenvalue weighted by Crippen LogP contribution is 2.43. The second kappa shape index (κ2) is 37.6. The van der Waals surface area contributed by atoms with Gasteiger partial charge >= 0.3 is 7.82 Å². The molecule has 9 heteroatoms. The molecule has 3 N–H and O–H groups in total. The molecule has 0 bridgehead atoms. The maximum absolute atomic E-state index is 12.8. The van der Waals surface area contributed by atoms with E-state index in [1.54, 1.807) is 0 Å². The highest BCUT2D eigenvalue weighted by Gasteiger charge is 2.28. The first-order chi connectivity index (χ1) is 26.0. The molecule has 0 aromatic carbocycles. The zero-order valence-electron chi connectivity index (χ0n) is 36.2. The van der Waals surface area contributed by atoms with Gasteiger partial charge < -0.3 is 19.8 Å². The van der Waals surface area contributed by atoms with Crippen LogP contribution in [-0.2, 0) is 18.4 Å². The summed E-state index contributed by atoms with van der Waals surface area (Å²) in [5.74, 6) is -0.156. The molecule has 0 saturated carbocycles. The minimum atomic E-state index is -4.31. The van der Waals surface area contributed by atoms with Crippen molar-refractivity contribution in [1.29, 1.82) is 0 Å². The molecule has 0 spiro atoms. The number of carbonyl (C=O) groups excluding carboxylic acids is 1. The molecule has 0 rings (SSSR count). The Morgan fingerprint density at radius 2 is 1.00 bits per heavy atom. The molecule has 0 aromatic heterocycles. The summed E-state index contributed by atoms with van der Waals surface area (Å²) in [5, 5.41) is 13.9. The molecule has 1 amide bonds. The van der Waals surface area contributed by atoms with E-state index in [0.717, 1.165) is 44.9 Å². The Balaban J connectivity index is 4.16. The van der Waals surface area contributed by atoms with Crippen LogP contribution in [0.3, 0.4) is 0 Å². The first kappa shape index (κ1) is 53.0. The highest BCUT2D eigenvalue weighted by atomic mass is 31.2. The molecule has 54 heavy (non-hydrogen) atoms. The van der Waals surface area contributed by atoms with Gasteiger partial charge in [-0.2, -0.15) is 0 Å². The molecule has 0 aliphatic rings. The van der Waals surface area contributed by atoms with Gasteiger partial charge in [-0.05, 0) is 64.2 Å². The van der Waals surface area contributed by atoms with E-state index in [1.165, 1.54) is 135 Å². The molecule has 0 fully saturated rings. The van der Waals surface area contributed by atoms with Crippen LogP contribution in [0.4, 0.5) is 0 Å². The lowest BCUT2D eigenvalue weighted by molar-refractivity contribution is -0.870. The third kappa shape index (κ3) is 39.2. The standard InChI is InChI=1S/C45H89N2O6P/c1-6-8-10-12-14-16-17-18-19-20-21-22-23-24-25-26-27-28-29-31-33-35-37-39-45(49)46-43(42-53-54(50,51)52-41-40-47(3,4)5)44(48)38-36-34-32-30-15-13-11-9-7-2/h15,18-19,30,43-44,48H,6-14,16-17,20-29,31-42H2,1-5H3,(H-,46,49,50,51)/p+1/b19-18+,30-15+/t43-,44+/m0/s1. The summed E-state index contributed by atoms with van der Waals surface area (Å²) in [7, 11) is 1.60. The van der Waals surface area contributed by atoms with Crippen molar-refractivity contribution in [3.8, 4) is 0 Å². The summed E-state index contributed by atoms with van der Waals surface area (Å²) in [6.45, 7) is 4.82. The van der Waals surface area contributed by atoms with Gasteiger partial charge in [0.1, 0.15) is 13.2 Å². The first-order valence-corrected chi connectivity index (χ1v) is 24.2. The van der Waals surface area contributed by atoms with E-state index >= 15 is 0 Å². The molecule has 0 aliphatic carbocycles. The number of aliphatic hydroxyl groups is 1. The highest BCUT2D eigenvalue weighted by molar-refractivity contribution is 7.47. The number of likely N-dealkylation sites (N-methyl/N-ethyl adjacent to an activating group) is 1. The zero-order valence-corrected chi connectivity index (χ0v) is 37.1. The van der Waals surface area contributed by atoms with E-state index < -0.39 is 20.0 Å². The van der Waals surface area contributed by atoms with Crippen molar-refractivity contribution in [3.63, 3.8) is 0 Å². The van der Waals surface area contributed by atoms with Crippen molar-refractivity contribution in [2.75, 3.05) is 40.9 Å². The number of rotatable bonds is 41. The largest absolute Gasteiger partial charge is 0.472 e. The molecule has 0 aliphatic heterocycles. The van der Waals surface area contributed by atoms with Gasteiger partial charge in [-0.1, -0.05) is 160 Å². The average molecular weight is 786 g/mol. The maximum atomic E-state index is 12.8. The molecule has 1 unspecified atom stereocenters. The summed E-state index contributed by atoms with van der Waals surface area (Å²) < 4.78 is 23.5. The van der Waals surface area contributed by atoms with Crippen molar-refractivity contribution in [3.05, 3.63) is 24.3 Å². The van der Waals surface area contributed by atoms with Crippen molar-refractivity contribution < 1.29 is 32.9 Å². The Kier molecular flexibility index (Phi) is 36.8. The maximum Gasteiger partial charge on any atom is 0.472 e. The minimum absolute atomic E-state index is 0.0701. The quantitative estimate of drug-likeness (QED) is 0.0247. The lowest BCUT2D eigenvalue weighted by atomic mass is 10.0. The Hall–Kier alpha value is -1.02. The van der Waals surface area contributed by atoms with Gasteiger partial charge in [0.05, 0.1) is 39.9 Å². The van der Waals surface area contributed by atoms with Gasteiger partial charge in [0.2, 0.25) is 5.91 Å². The van der Waals surface area contributed by atoms with E-state index in [4.69, 9.17) is 9.05 Å². The van der Waals surface area contributed by atoms with Crippen LogP contribution in [-0.4, -0.2) is 73.4 Å². The fraction of sp³-hybridized carbons (Fsp3) is 0.889. The van der Waals surface area contributed by atoms with E-state index in [1.807, 2.05) is 21.1 Å². The zero-order chi connectivity index (χ0) is 40.0. The van der Waals surface area contributed by atoms with Crippen LogP contribution >= 0.6 is 7.82 Å². The van der Waals surface area contributed by atoms with Gasteiger partial charge in [-0.3, -0.25) is 13.8 Å². The SMILES string of the molecule is CCCCC/C=C/CCCC[C@@H](O)[C@H](COP(=O)(O)OCC[N+](C)(C)C)NC(=O)CCCCCCCCCCCCCCC/C=C/CCCCCCCC. The summed E-state index contributed by atoms with van der Waals surface area (Å²) in [6.07, 6.45) is 43.7. The van der Waals surface area contributed by atoms with E-state index in [0.29, 0.717) is 23.9 Å². The second-order valence-corrected chi connectivity index (χ2v) is 18.2. The molecule has 0 aromatic rings. The second-order valence-electron chi connectivity index (χ2n) is 16.8. The molecule has 3 atom stereocenters. The molecular weight excluding hydrogens is 695 g/mol.